The Hall–Kier alpha value is -1.95. The molecule has 1 amide bonds. The van der Waals surface area contributed by atoms with Gasteiger partial charge in [0.15, 0.2) is 5.03 Å². The lowest BCUT2D eigenvalue weighted by atomic mass is 10.2. The highest BCUT2D eigenvalue weighted by atomic mass is 32.2. The van der Waals surface area contributed by atoms with Gasteiger partial charge in [-0.3, -0.25) is 9.52 Å². The summed E-state index contributed by atoms with van der Waals surface area (Å²) in [6.07, 6.45) is 0.117. The number of rotatable bonds is 3. The van der Waals surface area contributed by atoms with E-state index in [-0.39, 0.29) is 11.4 Å². The average molecular weight is 236 g/mol. The zero-order valence-corrected chi connectivity index (χ0v) is 8.94. The topological polar surface area (TPSA) is 76.1 Å². The third kappa shape index (κ3) is 1.87. The normalized spacial score (nSPS) is 11.2. The molecule has 0 radical (unpaired) electrons. The molecule has 0 saturated carbocycles. The summed E-state index contributed by atoms with van der Waals surface area (Å²) in [5.41, 5.74) is 0.566. The summed E-state index contributed by atoms with van der Waals surface area (Å²) in [6, 6.07) is 10.1. The largest absolute Gasteiger partial charge is 0.281 e. The van der Waals surface area contributed by atoms with E-state index in [9.17, 15) is 13.2 Å². The van der Waals surface area contributed by atoms with Crippen LogP contribution >= 0.6 is 0 Å². The van der Waals surface area contributed by atoms with Crippen molar-refractivity contribution in [3.8, 4) is 0 Å². The third-order valence-corrected chi connectivity index (χ3v) is 3.24. The van der Waals surface area contributed by atoms with E-state index in [1.54, 1.807) is 22.9 Å². The first-order valence-corrected chi connectivity index (χ1v) is 5.93. The fourth-order valence-electron chi connectivity index (χ4n) is 1.32. The van der Waals surface area contributed by atoms with Crippen LogP contribution < -0.4 is 4.72 Å². The van der Waals surface area contributed by atoms with Crippen molar-refractivity contribution < 1.29 is 13.2 Å². The van der Waals surface area contributed by atoms with Gasteiger partial charge in [-0.1, -0.05) is 18.2 Å². The van der Waals surface area contributed by atoms with Crippen LogP contribution in [0.15, 0.2) is 41.4 Å². The molecule has 5 nitrogen and oxygen atoms in total. The molecule has 0 spiro atoms. The molecule has 0 atom stereocenters. The Labute approximate surface area is 92.2 Å². The van der Waals surface area contributed by atoms with Crippen LogP contribution in [0.4, 0.5) is 0 Å². The second kappa shape index (κ2) is 3.90. The molecular formula is C10H8N2O3S. The Kier molecular flexibility index (Phi) is 2.57. The average Bonchev–Trinajstić information content (AvgIpc) is 2.28. The molecular weight excluding hydrogens is 228 g/mol. The van der Waals surface area contributed by atoms with Crippen LogP contribution in [0, 0.1) is 0 Å². The van der Waals surface area contributed by atoms with E-state index < -0.39 is 10.0 Å². The summed E-state index contributed by atoms with van der Waals surface area (Å²) < 4.78 is 24.7. The summed E-state index contributed by atoms with van der Waals surface area (Å²) in [7, 11) is -3.83. The van der Waals surface area contributed by atoms with Crippen molar-refractivity contribution in [3.05, 3.63) is 36.4 Å². The van der Waals surface area contributed by atoms with Gasteiger partial charge < -0.3 is 0 Å². The minimum absolute atomic E-state index is 0.117. The smallest absolute Gasteiger partial charge is 0.278 e. The molecule has 0 bridgehead atoms. The fourth-order valence-corrected chi connectivity index (χ4v) is 2.03. The molecule has 2 rings (SSSR count). The molecule has 1 aromatic heterocycles. The van der Waals surface area contributed by atoms with E-state index in [4.69, 9.17) is 0 Å². The molecule has 2 aromatic rings. The van der Waals surface area contributed by atoms with Gasteiger partial charge >= 0.3 is 0 Å². The van der Waals surface area contributed by atoms with Gasteiger partial charge in [0.2, 0.25) is 6.41 Å². The van der Waals surface area contributed by atoms with Gasteiger partial charge in [-0.05, 0) is 18.2 Å². The number of carbonyl (C=O) groups excluding carboxylic acids is 1. The summed E-state index contributed by atoms with van der Waals surface area (Å²) >= 11 is 0. The Morgan fingerprint density at radius 3 is 2.62 bits per heavy atom. The van der Waals surface area contributed by atoms with Gasteiger partial charge in [-0.15, -0.1) is 0 Å². The molecule has 0 saturated heterocycles. The maximum absolute atomic E-state index is 11.5. The van der Waals surface area contributed by atoms with Gasteiger partial charge in [0.05, 0.1) is 5.52 Å². The first-order chi connectivity index (χ1) is 7.63. The van der Waals surface area contributed by atoms with Crippen LogP contribution in [0.3, 0.4) is 0 Å². The number of amides is 1. The lowest BCUT2D eigenvalue weighted by molar-refractivity contribution is -0.108. The van der Waals surface area contributed by atoms with Crippen LogP contribution in [-0.4, -0.2) is 19.8 Å². The zero-order valence-electron chi connectivity index (χ0n) is 8.12. The SMILES string of the molecule is O=CNS(=O)(=O)c1ccc2ccccc2n1. The van der Waals surface area contributed by atoms with Crippen LogP contribution in [0.2, 0.25) is 0 Å². The Morgan fingerprint density at radius 1 is 1.12 bits per heavy atom. The number of benzene rings is 1. The monoisotopic (exact) mass is 236 g/mol. The number of fused-ring (bicyclic) bond motifs is 1. The number of nitrogens with zero attached hydrogens (tertiary/aromatic N) is 1. The van der Waals surface area contributed by atoms with E-state index in [0.717, 1.165) is 5.39 Å². The third-order valence-electron chi connectivity index (χ3n) is 2.05. The van der Waals surface area contributed by atoms with E-state index >= 15 is 0 Å². The molecule has 0 aliphatic heterocycles. The van der Waals surface area contributed by atoms with Crippen LogP contribution in [0.1, 0.15) is 0 Å². The Morgan fingerprint density at radius 2 is 1.88 bits per heavy atom. The van der Waals surface area contributed by atoms with Gasteiger partial charge in [-0.25, -0.2) is 4.98 Å². The van der Waals surface area contributed by atoms with Gasteiger partial charge in [-0.2, -0.15) is 8.42 Å². The number of para-hydroxylation sites is 1. The van der Waals surface area contributed by atoms with Crippen molar-refractivity contribution in [3.63, 3.8) is 0 Å². The van der Waals surface area contributed by atoms with Crippen molar-refractivity contribution in [1.29, 1.82) is 0 Å². The number of hydrogen-bond acceptors (Lipinski definition) is 4. The van der Waals surface area contributed by atoms with E-state index in [0.29, 0.717) is 5.52 Å². The zero-order chi connectivity index (χ0) is 11.6. The predicted octanol–water partition coefficient (Wildman–Crippen LogP) is 0.669. The van der Waals surface area contributed by atoms with Crippen molar-refractivity contribution in [2.45, 2.75) is 5.03 Å². The first kappa shape index (κ1) is 10.6. The van der Waals surface area contributed by atoms with Gasteiger partial charge in [0.25, 0.3) is 10.0 Å². The maximum atomic E-state index is 11.5. The molecule has 0 aliphatic rings. The van der Waals surface area contributed by atoms with Crippen molar-refractivity contribution in [1.82, 2.24) is 9.71 Å². The maximum Gasteiger partial charge on any atom is 0.281 e. The number of carbonyl (C=O) groups is 1. The second-order valence-electron chi connectivity index (χ2n) is 3.08. The minimum atomic E-state index is -3.83. The summed E-state index contributed by atoms with van der Waals surface area (Å²) in [5, 5.41) is 0.672. The van der Waals surface area contributed by atoms with E-state index in [1.165, 1.54) is 6.07 Å². The van der Waals surface area contributed by atoms with Crippen LogP contribution in [0.5, 0.6) is 0 Å². The van der Waals surface area contributed by atoms with Gasteiger partial charge in [0, 0.05) is 5.39 Å². The molecule has 82 valence electrons. The summed E-state index contributed by atoms with van der Waals surface area (Å²) in [6.45, 7) is 0. The van der Waals surface area contributed by atoms with Crippen molar-refractivity contribution in [2.24, 2.45) is 0 Å². The lowest BCUT2D eigenvalue weighted by Crippen LogP contribution is -2.22. The number of pyridine rings is 1. The molecule has 0 fully saturated rings. The van der Waals surface area contributed by atoms with Gasteiger partial charge in [0.1, 0.15) is 0 Å². The number of aromatic nitrogens is 1. The molecule has 0 aliphatic carbocycles. The molecule has 6 heteroatoms. The van der Waals surface area contributed by atoms with Crippen molar-refractivity contribution >= 4 is 27.3 Å². The predicted molar refractivity (Wildman–Crippen MR) is 58.1 cm³/mol. The number of sulfonamides is 1. The van der Waals surface area contributed by atoms with Crippen LogP contribution in [-0.2, 0) is 14.8 Å². The Balaban J connectivity index is 2.59. The van der Waals surface area contributed by atoms with E-state index in [2.05, 4.69) is 4.98 Å². The highest BCUT2D eigenvalue weighted by Crippen LogP contribution is 2.14. The fraction of sp³-hybridized carbons (Fsp3) is 0. The highest BCUT2D eigenvalue weighted by molar-refractivity contribution is 7.89. The summed E-state index contributed by atoms with van der Waals surface area (Å²) in [4.78, 5) is 14.1. The highest BCUT2D eigenvalue weighted by Gasteiger charge is 2.14. The van der Waals surface area contributed by atoms with E-state index in [1.807, 2.05) is 12.1 Å². The second-order valence-corrected chi connectivity index (χ2v) is 4.74. The lowest BCUT2D eigenvalue weighted by Gasteiger charge is -2.02. The molecule has 1 N–H and O–H groups in total. The molecule has 16 heavy (non-hydrogen) atoms. The molecule has 0 unspecified atom stereocenters. The summed E-state index contributed by atoms with van der Waals surface area (Å²) in [5.74, 6) is 0. The molecule has 1 heterocycles. The number of hydrogen-bond donors (Lipinski definition) is 1. The quantitative estimate of drug-likeness (QED) is 0.795. The minimum Gasteiger partial charge on any atom is -0.278 e. The molecule has 1 aromatic carbocycles. The first-order valence-electron chi connectivity index (χ1n) is 4.45. The standard InChI is InChI=1S/C10H8N2O3S/c13-7-11-16(14,15)10-6-5-8-3-1-2-4-9(8)12-10/h1-7H,(H,11,13). The van der Waals surface area contributed by atoms with Crippen molar-refractivity contribution in [2.75, 3.05) is 0 Å². The van der Waals surface area contributed by atoms with Crippen LogP contribution in [0.25, 0.3) is 10.9 Å². The Bertz CT molecular complexity index is 637. The number of nitrogens with one attached hydrogen (secondary N) is 1.